The number of hydrogen-bond acceptors (Lipinski definition) is 3. The summed E-state index contributed by atoms with van der Waals surface area (Å²) in [6.45, 7) is 1.56. The van der Waals surface area contributed by atoms with Gasteiger partial charge < -0.3 is 10.3 Å². The summed E-state index contributed by atoms with van der Waals surface area (Å²) in [6.07, 6.45) is 3.86. The first-order valence-electron chi connectivity index (χ1n) is 11.2. The molecule has 0 fully saturated rings. The van der Waals surface area contributed by atoms with E-state index in [4.69, 9.17) is 0 Å². The summed E-state index contributed by atoms with van der Waals surface area (Å²) in [7, 11) is 0. The van der Waals surface area contributed by atoms with Crippen LogP contribution in [-0.4, -0.2) is 20.2 Å². The maximum atomic E-state index is 4.67. The predicted octanol–water partition coefficient (Wildman–Crippen LogP) is 6.04. The van der Waals surface area contributed by atoms with Crippen LogP contribution in [0.25, 0.3) is 55.4 Å². The van der Waals surface area contributed by atoms with Gasteiger partial charge in [-0.05, 0) is 64.2 Å². The molecule has 1 aliphatic rings. The quantitative estimate of drug-likeness (QED) is 0.277. The highest BCUT2D eigenvalue weighted by Gasteiger charge is 2.15. The molecule has 0 saturated heterocycles. The molecule has 0 unspecified atom stereocenters. The molecule has 33 heavy (non-hydrogen) atoms. The van der Waals surface area contributed by atoms with Crippen LogP contribution in [-0.2, 0) is 13.1 Å². The summed E-state index contributed by atoms with van der Waals surface area (Å²) in [5, 5.41) is 13.7. The molecule has 1 aliphatic heterocycles. The Balaban J connectivity index is 1.51. The zero-order valence-electron chi connectivity index (χ0n) is 17.9. The Morgan fingerprint density at radius 1 is 0.667 bits per heavy atom. The topological polar surface area (TPSA) is 69.4 Å². The Kier molecular flexibility index (Phi) is 3.98. The molecule has 3 aromatic carbocycles. The molecule has 6 aromatic rings. The first-order valence-corrected chi connectivity index (χ1v) is 11.2. The average molecular weight is 428 g/mol. The van der Waals surface area contributed by atoms with Gasteiger partial charge in [0.25, 0.3) is 0 Å². The van der Waals surface area contributed by atoms with Crippen molar-refractivity contribution in [3.05, 3.63) is 96.3 Å². The second kappa shape index (κ2) is 7.15. The van der Waals surface area contributed by atoms with Crippen molar-refractivity contribution in [1.82, 2.24) is 25.5 Å². The fourth-order valence-electron chi connectivity index (χ4n) is 4.88. The molecular formula is C28H21N5. The van der Waals surface area contributed by atoms with E-state index in [1.54, 1.807) is 0 Å². The Labute approximate surface area is 190 Å². The zero-order valence-corrected chi connectivity index (χ0v) is 17.9. The van der Waals surface area contributed by atoms with E-state index >= 15 is 0 Å². The molecule has 0 atom stereocenters. The van der Waals surface area contributed by atoms with Crippen molar-refractivity contribution >= 4 is 21.8 Å². The maximum absolute atomic E-state index is 4.67. The molecule has 0 spiro atoms. The Morgan fingerprint density at radius 2 is 1.58 bits per heavy atom. The van der Waals surface area contributed by atoms with Crippen LogP contribution in [0.15, 0.2) is 85.2 Å². The van der Waals surface area contributed by atoms with Crippen LogP contribution < -0.4 is 5.32 Å². The Morgan fingerprint density at radius 3 is 2.58 bits per heavy atom. The van der Waals surface area contributed by atoms with Gasteiger partial charge >= 0.3 is 0 Å². The van der Waals surface area contributed by atoms with E-state index in [0.717, 1.165) is 52.0 Å². The lowest BCUT2D eigenvalue weighted by Gasteiger charge is -2.09. The van der Waals surface area contributed by atoms with Gasteiger partial charge in [0.05, 0.1) is 11.2 Å². The van der Waals surface area contributed by atoms with E-state index in [-0.39, 0.29) is 0 Å². The van der Waals surface area contributed by atoms with Gasteiger partial charge in [0.2, 0.25) is 0 Å². The van der Waals surface area contributed by atoms with Gasteiger partial charge in [0.15, 0.2) is 0 Å². The van der Waals surface area contributed by atoms with E-state index in [2.05, 4.69) is 98.3 Å². The second-order valence-electron chi connectivity index (χ2n) is 8.67. The molecule has 5 heteroatoms. The van der Waals surface area contributed by atoms with Crippen molar-refractivity contribution in [2.45, 2.75) is 13.1 Å². The van der Waals surface area contributed by atoms with Gasteiger partial charge in [0, 0.05) is 47.3 Å². The maximum Gasteiger partial charge on any atom is 0.116 e. The molecule has 3 aromatic heterocycles. The van der Waals surface area contributed by atoms with Crippen molar-refractivity contribution in [2.75, 3.05) is 0 Å². The third kappa shape index (κ3) is 3.05. The number of pyridine rings is 1. The molecule has 5 nitrogen and oxygen atoms in total. The number of hydrogen-bond donors (Lipinski definition) is 3. The average Bonchev–Trinajstić information content (AvgIpc) is 3.47. The smallest absolute Gasteiger partial charge is 0.116 e. The highest BCUT2D eigenvalue weighted by molar-refractivity contribution is 6.01. The molecule has 0 radical (unpaired) electrons. The number of H-pyrrole nitrogens is 2. The van der Waals surface area contributed by atoms with Crippen LogP contribution in [0.4, 0.5) is 0 Å². The lowest BCUT2D eigenvalue weighted by atomic mass is 9.99. The van der Waals surface area contributed by atoms with Crippen molar-refractivity contribution in [1.29, 1.82) is 0 Å². The van der Waals surface area contributed by atoms with Gasteiger partial charge in [0.1, 0.15) is 5.69 Å². The zero-order chi connectivity index (χ0) is 21.8. The number of nitrogens with one attached hydrogen (secondary N) is 3. The summed E-state index contributed by atoms with van der Waals surface area (Å²) >= 11 is 0. The summed E-state index contributed by atoms with van der Waals surface area (Å²) in [5.41, 5.74) is 11.2. The number of aromatic nitrogens is 4. The van der Waals surface area contributed by atoms with E-state index in [0.29, 0.717) is 0 Å². The first kappa shape index (κ1) is 18.4. The van der Waals surface area contributed by atoms with Crippen LogP contribution in [0.1, 0.15) is 11.1 Å². The number of nitrogens with zero attached hydrogens (tertiary/aromatic N) is 2. The van der Waals surface area contributed by atoms with Gasteiger partial charge in [-0.3, -0.25) is 10.1 Å². The van der Waals surface area contributed by atoms with Crippen LogP contribution >= 0.6 is 0 Å². The molecule has 0 saturated carbocycles. The number of benzene rings is 3. The standard InChI is InChI=1S/C28H21N5/c1-3-17-9-20(4-1)22-5-2-6-25-23(22)12-27(31-25)28-24-11-19(7-8-26(24)32-33-28)21-10-18(14-29-13-17)15-30-16-21/h1-12,15-16,29,31H,13-14H2,(H,32,33). The van der Waals surface area contributed by atoms with Crippen LogP contribution in [0, 0.1) is 0 Å². The molecule has 7 rings (SSSR count). The number of fused-ring (bicyclic) bond motifs is 9. The third-order valence-corrected chi connectivity index (χ3v) is 6.51. The van der Waals surface area contributed by atoms with Gasteiger partial charge in [-0.2, -0.15) is 5.10 Å². The highest BCUT2D eigenvalue weighted by Crippen LogP contribution is 2.35. The normalized spacial score (nSPS) is 13.1. The number of aromatic amines is 2. The molecular weight excluding hydrogens is 406 g/mol. The van der Waals surface area contributed by atoms with Crippen LogP contribution in [0.3, 0.4) is 0 Å². The fourth-order valence-corrected chi connectivity index (χ4v) is 4.88. The minimum absolute atomic E-state index is 0.765. The minimum atomic E-state index is 0.765. The predicted molar refractivity (Wildman–Crippen MR) is 133 cm³/mol. The first-order chi connectivity index (χ1) is 16.3. The van der Waals surface area contributed by atoms with Gasteiger partial charge in [-0.15, -0.1) is 0 Å². The summed E-state index contributed by atoms with van der Waals surface area (Å²) in [5.74, 6) is 0. The Hall–Kier alpha value is -4.22. The molecule has 8 bridgehead atoms. The van der Waals surface area contributed by atoms with Gasteiger partial charge in [-0.1, -0.05) is 36.4 Å². The Bertz CT molecular complexity index is 1660. The summed E-state index contributed by atoms with van der Waals surface area (Å²) < 4.78 is 0. The molecule has 3 N–H and O–H groups in total. The molecule has 0 aliphatic carbocycles. The molecule has 158 valence electrons. The monoisotopic (exact) mass is 427 g/mol. The van der Waals surface area contributed by atoms with Crippen molar-refractivity contribution in [3.63, 3.8) is 0 Å². The summed E-state index contributed by atoms with van der Waals surface area (Å²) in [4.78, 5) is 8.11. The van der Waals surface area contributed by atoms with E-state index in [9.17, 15) is 0 Å². The van der Waals surface area contributed by atoms with Gasteiger partial charge in [-0.25, -0.2) is 0 Å². The lowest BCUT2D eigenvalue weighted by molar-refractivity contribution is 0.692. The van der Waals surface area contributed by atoms with Crippen molar-refractivity contribution < 1.29 is 0 Å². The van der Waals surface area contributed by atoms with E-state index < -0.39 is 0 Å². The summed E-state index contributed by atoms with van der Waals surface area (Å²) in [6, 6.07) is 26.1. The van der Waals surface area contributed by atoms with E-state index in [1.165, 1.54) is 27.6 Å². The largest absolute Gasteiger partial charge is 0.353 e. The lowest BCUT2D eigenvalue weighted by Crippen LogP contribution is -2.12. The molecule has 4 heterocycles. The minimum Gasteiger partial charge on any atom is -0.353 e. The third-order valence-electron chi connectivity index (χ3n) is 6.51. The van der Waals surface area contributed by atoms with Crippen LogP contribution in [0.5, 0.6) is 0 Å². The van der Waals surface area contributed by atoms with Crippen molar-refractivity contribution in [3.8, 4) is 33.6 Å². The van der Waals surface area contributed by atoms with Crippen molar-refractivity contribution in [2.24, 2.45) is 0 Å². The fraction of sp³-hybridized carbons (Fsp3) is 0.0714. The SMILES string of the molecule is c1cc2cc(c1)-c1cccc3[nH]c(cc13)-c1n[nH]c3ccc(cc13)-c1cncc(c1)CNC2. The molecule has 0 amide bonds. The highest BCUT2D eigenvalue weighted by atomic mass is 15.1. The number of rotatable bonds is 0. The van der Waals surface area contributed by atoms with E-state index in [1.807, 2.05) is 12.4 Å². The van der Waals surface area contributed by atoms with Crippen LogP contribution in [0.2, 0.25) is 0 Å². The second-order valence-corrected chi connectivity index (χ2v) is 8.67.